The highest BCUT2D eigenvalue weighted by Gasteiger charge is 2.32. The van der Waals surface area contributed by atoms with Crippen LogP contribution in [0.5, 0.6) is 5.75 Å². The molecule has 0 bridgehead atoms. The van der Waals surface area contributed by atoms with E-state index in [9.17, 15) is 24.3 Å². The van der Waals surface area contributed by atoms with Gasteiger partial charge in [0.15, 0.2) is 23.1 Å². The molecular formula is C28H17NO5. The Labute approximate surface area is 194 Å². The van der Waals surface area contributed by atoms with E-state index in [1.807, 2.05) is 0 Å². The summed E-state index contributed by atoms with van der Waals surface area (Å²) in [6.07, 6.45) is 0. The Hall–Kier alpha value is -4.84. The molecule has 0 radical (unpaired) electrons. The lowest BCUT2D eigenvalue weighted by Crippen LogP contribution is -2.22. The summed E-state index contributed by atoms with van der Waals surface area (Å²) < 4.78 is 0. The molecule has 0 heterocycles. The van der Waals surface area contributed by atoms with Crippen LogP contribution in [0.1, 0.15) is 63.7 Å². The number of ketones is 4. The third-order valence-electron chi connectivity index (χ3n) is 5.92. The molecule has 0 aromatic heterocycles. The second-order valence-electron chi connectivity index (χ2n) is 7.88. The topological polar surface area (TPSA) is 115 Å². The predicted octanol–water partition coefficient (Wildman–Crippen LogP) is 4.21. The van der Waals surface area contributed by atoms with Crippen molar-refractivity contribution in [2.24, 2.45) is 0 Å². The van der Waals surface area contributed by atoms with Crippen molar-refractivity contribution in [2.45, 2.75) is 0 Å². The number of phenols is 1. The molecule has 2 aliphatic rings. The molecule has 0 fully saturated rings. The van der Waals surface area contributed by atoms with E-state index in [0.717, 1.165) is 0 Å². The zero-order chi connectivity index (χ0) is 24.0. The lowest BCUT2D eigenvalue weighted by molar-refractivity contribution is 0.0976. The van der Waals surface area contributed by atoms with Crippen LogP contribution in [-0.4, -0.2) is 28.2 Å². The van der Waals surface area contributed by atoms with Crippen LogP contribution in [0.3, 0.4) is 0 Å². The third kappa shape index (κ3) is 3.12. The standard InChI is InChI=1S/C14H9NO2.C14H8O3/c2*15-11-7-3-6-10-12(11)14(17)9-5-2-1-4-8(9)13(10)16/h1-7H,15H2;1-7,15H. The van der Waals surface area contributed by atoms with Crippen molar-refractivity contribution in [3.63, 3.8) is 0 Å². The Kier molecular flexibility index (Phi) is 4.91. The maximum Gasteiger partial charge on any atom is 0.198 e. The second-order valence-corrected chi connectivity index (χ2v) is 7.88. The normalized spacial score (nSPS) is 13.2. The summed E-state index contributed by atoms with van der Waals surface area (Å²) >= 11 is 0. The minimum absolute atomic E-state index is 0.108. The average Bonchev–Trinajstić information content (AvgIpc) is 2.86. The molecule has 6 rings (SSSR count). The van der Waals surface area contributed by atoms with E-state index in [4.69, 9.17) is 5.73 Å². The highest BCUT2D eigenvalue weighted by Crippen LogP contribution is 2.32. The van der Waals surface area contributed by atoms with Crippen molar-refractivity contribution >= 4 is 28.8 Å². The zero-order valence-corrected chi connectivity index (χ0v) is 17.7. The summed E-state index contributed by atoms with van der Waals surface area (Å²) in [5.41, 5.74) is 8.88. The Balaban J connectivity index is 0.000000142. The average molecular weight is 447 g/mol. The largest absolute Gasteiger partial charge is 0.507 e. The van der Waals surface area contributed by atoms with E-state index >= 15 is 0 Å². The molecule has 3 N–H and O–H groups in total. The van der Waals surface area contributed by atoms with Gasteiger partial charge in [0.25, 0.3) is 0 Å². The number of carbonyl (C=O) groups is 4. The van der Waals surface area contributed by atoms with Gasteiger partial charge in [-0.25, -0.2) is 0 Å². The van der Waals surface area contributed by atoms with E-state index in [1.165, 1.54) is 6.07 Å². The van der Waals surface area contributed by atoms with E-state index in [2.05, 4.69) is 0 Å². The molecule has 0 aliphatic heterocycles. The van der Waals surface area contributed by atoms with Crippen molar-refractivity contribution in [2.75, 3.05) is 5.73 Å². The van der Waals surface area contributed by atoms with Crippen molar-refractivity contribution < 1.29 is 24.3 Å². The van der Waals surface area contributed by atoms with Crippen LogP contribution in [0.15, 0.2) is 84.9 Å². The van der Waals surface area contributed by atoms with Gasteiger partial charge in [0, 0.05) is 39.1 Å². The number of hydrogen-bond donors (Lipinski definition) is 2. The highest BCUT2D eigenvalue weighted by atomic mass is 16.3. The van der Waals surface area contributed by atoms with Crippen molar-refractivity contribution in [1.29, 1.82) is 0 Å². The SMILES string of the molecule is Nc1cccc2c1C(=O)c1ccccc1C2=O.O=C1c2ccccc2C(=O)c2c(O)cccc21. The number of hydrogen-bond acceptors (Lipinski definition) is 6. The van der Waals surface area contributed by atoms with Crippen LogP contribution in [0.4, 0.5) is 5.69 Å². The molecule has 0 spiro atoms. The lowest BCUT2D eigenvalue weighted by atomic mass is 9.83. The molecule has 6 heteroatoms. The monoisotopic (exact) mass is 447 g/mol. The number of carbonyl (C=O) groups excluding carboxylic acids is 4. The molecule has 0 saturated carbocycles. The van der Waals surface area contributed by atoms with Crippen molar-refractivity contribution in [3.05, 3.63) is 129 Å². The molecule has 4 aromatic carbocycles. The number of nitrogens with two attached hydrogens (primary N) is 1. The molecule has 4 aromatic rings. The number of aromatic hydroxyl groups is 1. The van der Waals surface area contributed by atoms with Gasteiger partial charge in [-0.3, -0.25) is 19.2 Å². The fourth-order valence-corrected chi connectivity index (χ4v) is 4.30. The van der Waals surface area contributed by atoms with Gasteiger partial charge in [0.2, 0.25) is 0 Å². The molecular weight excluding hydrogens is 430 g/mol. The van der Waals surface area contributed by atoms with E-state index < -0.39 is 0 Å². The number of nitrogen functional groups attached to an aromatic ring is 1. The number of anilines is 1. The van der Waals surface area contributed by atoms with Crippen LogP contribution >= 0.6 is 0 Å². The molecule has 164 valence electrons. The Morgan fingerprint density at radius 1 is 0.441 bits per heavy atom. The number of phenolic OH excluding ortho intramolecular Hbond substituents is 1. The minimum Gasteiger partial charge on any atom is -0.507 e. The Morgan fingerprint density at radius 3 is 1.35 bits per heavy atom. The van der Waals surface area contributed by atoms with E-state index in [-0.39, 0.29) is 40.0 Å². The highest BCUT2D eigenvalue weighted by molar-refractivity contribution is 6.30. The summed E-state index contributed by atoms with van der Waals surface area (Å²) in [7, 11) is 0. The third-order valence-corrected chi connectivity index (χ3v) is 5.92. The smallest absolute Gasteiger partial charge is 0.198 e. The molecule has 0 atom stereocenters. The van der Waals surface area contributed by atoms with Gasteiger partial charge < -0.3 is 10.8 Å². The molecule has 2 aliphatic carbocycles. The molecule has 0 saturated heterocycles. The van der Waals surface area contributed by atoms with Crippen molar-refractivity contribution in [3.8, 4) is 5.75 Å². The van der Waals surface area contributed by atoms with Gasteiger partial charge in [-0.1, -0.05) is 72.8 Å². The maximum absolute atomic E-state index is 12.2. The Bertz CT molecular complexity index is 1430. The van der Waals surface area contributed by atoms with E-state index in [1.54, 1.807) is 78.9 Å². The molecule has 6 nitrogen and oxygen atoms in total. The van der Waals surface area contributed by atoms with Crippen LogP contribution < -0.4 is 5.73 Å². The first-order valence-electron chi connectivity index (χ1n) is 10.5. The first-order valence-corrected chi connectivity index (χ1v) is 10.5. The number of benzene rings is 4. The van der Waals surface area contributed by atoms with Gasteiger partial charge >= 0.3 is 0 Å². The predicted molar refractivity (Wildman–Crippen MR) is 126 cm³/mol. The summed E-state index contributed by atoms with van der Waals surface area (Å²) in [4.78, 5) is 48.7. The van der Waals surface area contributed by atoms with Crippen molar-refractivity contribution in [1.82, 2.24) is 0 Å². The molecule has 0 unspecified atom stereocenters. The first-order chi connectivity index (χ1) is 16.4. The summed E-state index contributed by atoms with van der Waals surface area (Å²) in [5.74, 6) is -0.967. The van der Waals surface area contributed by atoms with Crippen LogP contribution in [0.2, 0.25) is 0 Å². The van der Waals surface area contributed by atoms with Crippen LogP contribution in [0, 0.1) is 0 Å². The minimum atomic E-state index is -0.298. The van der Waals surface area contributed by atoms with Gasteiger partial charge in [-0.15, -0.1) is 0 Å². The van der Waals surface area contributed by atoms with E-state index in [0.29, 0.717) is 39.1 Å². The number of fused-ring (bicyclic) bond motifs is 4. The summed E-state index contributed by atoms with van der Waals surface area (Å²) in [5, 5.41) is 9.70. The Morgan fingerprint density at radius 2 is 0.824 bits per heavy atom. The summed E-state index contributed by atoms with van der Waals surface area (Å²) in [6.45, 7) is 0. The zero-order valence-electron chi connectivity index (χ0n) is 17.7. The number of rotatable bonds is 0. The quantitative estimate of drug-likeness (QED) is 0.337. The molecule has 34 heavy (non-hydrogen) atoms. The lowest BCUT2D eigenvalue weighted by Gasteiger charge is -2.18. The van der Waals surface area contributed by atoms with Crippen LogP contribution in [0.25, 0.3) is 0 Å². The second kappa shape index (κ2) is 7.94. The fraction of sp³-hybridized carbons (Fsp3) is 0. The molecule has 0 amide bonds. The van der Waals surface area contributed by atoms with Crippen LogP contribution in [-0.2, 0) is 0 Å². The van der Waals surface area contributed by atoms with Gasteiger partial charge in [0.05, 0.1) is 11.1 Å². The summed E-state index contributed by atoms with van der Waals surface area (Å²) in [6, 6.07) is 23.0. The van der Waals surface area contributed by atoms with Gasteiger partial charge in [0.1, 0.15) is 5.75 Å². The maximum atomic E-state index is 12.2. The fourth-order valence-electron chi connectivity index (χ4n) is 4.30. The van der Waals surface area contributed by atoms with Gasteiger partial charge in [-0.05, 0) is 12.1 Å². The van der Waals surface area contributed by atoms with Gasteiger partial charge in [-0.2, -0.15) is 0 Å². The first kappa shape index (κ1) is 21.0.